The van der Waals surface area contributed by atoms with Crippen LogP contribution in [0.3, 0.4) is 0 Å². The zero-order valence-electron chi connectivity index (χ0n) is 15.8. The standard InChI is InChI=1S/C18H21N3O4S2/c1-6-25-17(24)14-11(4)15(12(5)22)27-16(14)21-13(23)8-26-18-19-9(2)7-10(3)20-18/h7H,6,8H2,1-5H3,(H,21,23). The molecule has 0 aliphatic carbocycles. The average Bonchev–Trinajstić information content (AvgIpc) is 2.89. The highest BCUT2D eigenvalue weighted by molar-refractivity contribution is 7.99. The van der Waals surface area contributed by atoms with Crippen LogP contribution >= 0.6 is 23.1 Å². The number of ketones is 1. The molecule has 0 unspecified atom stereocenters. The summed E-state index contributed by atoms with van der Waals surface area (Å²) in [5.74, 6) is -0.956. The zero-order chi connectivity index (χ0) is 20.1. The fraction of sp³-hybridized carbons (Fsp3) is 0.389. The number of carbonyl (C=O) groups excluding carboxylic acids is 3. The third-order valence-corrected chi connectivity index (χ3v) is 5.65. The number of Topliss-reactive ketones (excluding diaryl/α,β-unsaturated/α-hetero) is 1. The molecule has 0 saturated heterocycles. The van der Waals surface area contributed by atoms with Crippen molar-refractivity contribution >= 4 is 45.8 Å². The summed E-state index contributed by atoms with van der Waals surface area (Å²) in [4.78, 5) is 45.4. The number of aryl methyl sites for hydroxylation is 2. The van der Waals surface area contributed by atoms with Crippen molar-refractivity contribution in [3.8, 4) is 0 Å². The topological polar surface area (TPSA) is 98.2 Å². The Balaban J connectivity index is 2.17. The molecule has 0 aromatic carbocycles. The molecule has 0 fully saturated rings. The lowest BCUT2D eigenvalue weighted by atomic mass is 10.1. The molecule has 27 heavy (non-hydrogen) atoms. The van der Waals surface area contributed by atoms with E-state index in [0.717, 1.165) is 22.7 Å². The van der Waals surface area contributed by atoms with E-state index in [-0.39, 0.29) is 29.6 Å². The van der Waals surface area contributed by atoms with E-state index in [9.17, 15) is 14.4 Å². The molecule has 2 aromatic heterocycles. The van der Waals surface area contributed by atoms with E-state index >= 15 is 0 Å². The molecule has 0 aliphatic rings. The van der Waals surface area contributed by atoms with Gasteiger partial charge in [0.25, 0.3) is 0 Å². The van der Waals surface area contributed by atoms with Crippen LogP contribution in [0.15, 0.2) is 11.2 Å². The number of hydrogen-bond donors (Lipinski definition) is 1. The number of rotatable bonds is 7. The van der Waals surface area contributed by atoms with Gasteiger partial charge in [-0.1, -0.05) is 11.8 Å². The second-order valence-corrected chi connectivity index (χ2v) is 7.77. The zero-order valence-corrected chi connectivity index (χ0v) is 17.5. The van der Waals surface area contributed by atoms with E-state index in [1.165, 1.54) is 18.7 Å². The van der Waals surface area contributed by atoms with Crippen LogP contribution in [-0.4, -0.2) is 40.0 Å². The molecule has 0 atom stereocenters. The van der Waals surface area contributed by atoms with Gasteiger partial charge in [0.2, 0.25) is 5.91 Å². The molecule has 0 saturated carbocycles. The van der Waals surface area contributed by atoms with Gasteiger partial charge in [-0.05, 0) is 46.2 Å². The second kappa shape index (κ2) is 9.09. The Labute approximate surface area is 165 Å². The number of carbonyl (C=O) groups is 3. The van der Waals surface area contributed by atoms with Crippen LogP contribution in [-0.2, 0) is 9.53 Å². The maximum absolute atomic E-state index is 12.4. The van der Waals surface area contributed by atoms with E-state index in [4.69, 9.17) is 4.74 Å². The Morgan fingerprint density at radius 1 is 1.19 bits per heavy atom. The van der Waals surface area contributed by atoms with Crippen LogP contribution < -0.4 is 5.32 Å². The molecule has 144 valence electrons. The van der Waals surface area contributed by atoms with Crippen molar-refractivity contribution in [3.05, 3.63) is 33.5 Å². The largest absolute Gasteiger partial charge is 0.462 e. The minimum absolute atomic E-state index is 0.0809. The predicted octanol–water partition coefficient (Wildman–Crippen LogP) is 3.57. The van der Waals surface area contributed by atoms with E-state index in [1.807, 2.05) is 19.9 Å². The molecule has 0 spiro atoms. The van der Waals surface area contributed by atoms with Crippen molar-refractivity contribution in [1.29, 1.82) is 0 Å². The number of ether oxygens (including phenoxy) is 1. The number of hydrogen-bond acceptors (Lipinski definition) is 8. The molecule has 1 amide bonds. The molecule has 0 bridgehead atoms. The Bertz CT molecular complexity index is 873. The first kappa shape index (κ1) is 21.0. The van der Waals surface area contributed by atoms with E-state index in [2.05, 4.69) is 15.3 Å². The first-order valence-electron chi connectivity index (χ1n) is 8.29. The van der Waals surface area contributed by atoms with Crippen LogP contribution in [0.4, 0.5) is 5.00 Å². The van der Waals surface area contributed by atoms with Crippen LogP contribution in [0.1, 0.15) is 50.8 Å². The van der Waals surface area contributed by atoms with E-state index in [1.54, 1.807) is 13.8 Å². The molecule has 2 aromatic rings. The summed E-state index contributed by atoms with van der Waals surface area (Å²) in [6.45, 7) is 8.73. The maximum Gasteiger partial charge on any atom is 0.341 e. The lowest BCUT2D eigenvalue weighted by Crippen LogP contribution is -2.16. The maximum atomic E-state index is 12.4. The predicted molar refractivity (Wildman–Crippen MR) is 106 cm³/mol. The normalized spacial score (nSPS) is 10.6. The lowest BCUT2D eigenvalue weighted by Gasteiger charge is -2.07. The quantitative estimate of drug-likeness (QED) is 0.324. The van der Waals surface area contributed by atoms with Gasteiger partial charge in [0.15, 0.2) is 10.9 Å². The van der Waals surface area contributed by atoms with Crippen molar-refractivity contribution in [2.45, 2.75) is 39.8 Å². The number of thioether (sulfide) groups is 1. The SMILES string of the molecule is CCOC(=O)c1c(NC(=O)CSc2nc(C)cc(C)n2)sc(C(C)=O)c1C. The number of amides is 1. The summed E-state index contributed by atoms with van der Waals surface area (Å²) in [5, 5.41) is 3.55. The van der Waals surface area contributed by atoms with Crippen molar-refractivity contribution in [2.24, 2.45) is 0 Å². The van der Waals surface area contributed by atoms with Gasteiger partial charge in [-0.25, -0.2) is 14.8 Å². The summed E-state index contributed by atoms with van der Waals surface area (Å²) in [5.41, 5.74) is 2.41. The third kappa shape index (κ3) is 5.36. The van der Waals surface area contributed by atoms with Crippen LogP contribution in [0.25, 0.3) is 0 Å². The van der Waals surface area contributed by atoms with Crippen molar-refractivity contribution in [3.63, 3.8) is 0 Å². The summed E-state index contributed by atoms with van der Waals surface area (Å²) in [6, 6.07) is 1.85. The fourth-order valence-corrected chi connectivity index (χ4v) is 4.29. The van der Waals surface area contributed by atoms with Crippen LogP contribution in [0, 0.1) is 20.8 Å². The first-order chi connectivity index (χ1) is 12.7. The van der Waals surface area contributed by atoms with Gasteiger partial charge in [-0.3, -0.25) is 9.59 Å². The number of nitrogens with zero attached hydrogens (tertiary/aromatic N) is 2. The minimum Gasteiger partial charge on any atom is -0.462 e. The number of anilines is 1. The molecule has 1 N–H and O–H groups in total. The third-order valence-electron chi connectivity index (χ3n) is 3.49. The van der Waals surface area contributed by atoms with E-state index in [0.29, 0.717) is 20.6 Å². The Kier molecular flexibility index (Phi) is 7.09. The molecule has 7 nitrogen and oxygen atoms in total. The minimum atomic E-state index is -0.556. The fourth-order valence-electron chi connectivity index (χ4n) is 2.44. The van der Waals surface area contributed by atoms with Gasteiger partial charge in [0.05, 0.1) is 22.8 Å². The Morgan fingerprint density at radius 3 is 2.37 bits per heavy atom. The Morgan fingerprint density at radius 2 is 1.81 bits per heavy atom. The molecule has 2 heterocycles. The summed E-state index contributed by atoms with van der Waals surface area (Å²) in [7, 11) is 0. The molecule has 0 aliphatic heterocycles. The highest BCUT2D eigenvalue weighted by Gasteiger charge is 2.25. The molecule has 2 rings (SSSR count). The average molecular weight is 408 g/mol. The van der Waals surface area contributed by atoms with Crippen LogP contribution in [0.2, 0.25) is 0 Å². The molecule has 9 heteroatoms. The first-order valence-corrected chi connectivity index (χ1v) is 10.1. The van der Waals surface area contributed by atoms with Crippen molar-refractivity contribution in [1.82, 2.24) is 9.97 Å². The van der Waals surface area contributed by atoms with Crippen LogP contribution in [0.5, 0.6) is 0 Å². The summed E-state index contributed by atoms with van der Waals surface area (Å²) >= 11 is 2.29. The smallest absolute Gasteiger partial charge is 0.341 e. The number of aromatic nitrogens is 2. The van der Waals surface area contributed by atoms with E-state index < -0.39 is 5.97 Å². The lowest BCUT2D eigenvalue weighted by molar-refractivity contribution is -0.113. The number of esters is 1. The molecular formula is C18H21N3O4S2. The highest BCUT2D eigenvalue weighted by atomic mass is 32.2. The highest BCUT2D eigenvalue weighted by Crippen LogP contribution is 2.34. The van der Waals surface area contributed by atoms with Crippen molar-refractivity contribution < 1.29 is 19.1 Å². The van der Waals surface area contributed by atoms with Gasteiger partial charge in [0, 0.05) is 11.4 Å². The molecule has 0 radical (unpaired) electrons. The van der Waals surface area contributed by atoms with Gasteiger partial charge < -0.3 is 10.1 Å². The van der Waals surface area contributed by atoms with Gasteiger partial charge >= 0.3 is 5.97 Å². The number of nitrogens with one attached hydrogen (secondary N) is 1. The summed E-state index contributed by atoms with van der Waals surface area (Å²) < 4.78 is 5.06. The monoisotopic (exact) mass is 407 g/mol. The van der Waals surface area contributed by atoms with Crippen molar-refractivity contribution in [2.75, 3.05) is 17.7 Å². The van der Waals surface area contributed by atoms with Gasteiger partial charge in [0.1, 0.15) is 5.00 Å². The molecular weight excluding hydrogens is 386 g/mol. The van der Waals surface area contributed by atoms with Gasteiger partial charge in [-0.15, -0.1) is 11.3 Å². The Hall–Kier alpha value is -2.26. The van der Waals surface area contributed by atoms with Gasteiger partial charge in [-0.2, -0.15) is 0 Å². The summed E-state index contributed by atoms with van der Waals surface area (Å²) in [6.07, 6.45) is 0. The second-order valence-electron chi connectivity index (χ2n) is 5.81. The number of thiophene rings is 1.